The average Bonchev–Trinajstić information content (AvgIpc) is 1.58. The van der Waals surface area contributed by atoms with Gasteiger partial charge in [-0.25, -0.2) is 0 Å². The Bertz CT molecular complexity index is 232. The number of rotatable bonds is 2. The van der Waals surface area contributed by atoms with Crippen LogP contribution in [0, 0.1) is 0 Å². The summed E-state index contributed by atoms with van der Waals surface area (Å²) in [5.41, 5.74) is -1.46. The van der Waals surface area contributed by atoms with Crippen molar-refractivity contribution in [1.29, 1.82) is 0 Å². The summed E-state index contributed by atoms with van der Waals surface area (Å²) in [7, 11) is -4.21. The fraction of sp³-hybridized carbons (Fsp3) is 1.00. The SMILES string of the molecule is CC(C)(O)C(C)(C)S(=O)(=O)O. The summed E-state index contributed by atoms with van der Waals surface area (Å²) in [6, 6.07) is 0. The summed E-state index contributed by atoms with van der Waals surface area (Å²) < 4.78 is 28.5. The van der Waals surface area contributed by atoms with Crippen LogP contribution in [0.2, 0.25) is 0 Å². The third kappa shape index (κ3) is 1.91. The van der Waals surface area contributed by atoms with Gasteiger partial charge in [-0.1, -0.05) is 0 Å². The second-order valence-corrected chi connectivity index (χ2v) is 5.52. The Kier molecular flexibility index (Phi) is 2.40. The molecule has 0 aromatic heterocycles. The van der Waals surface area contributed by atoms with Crippen molar-refractivity contribution in [3.05, 3.63) is 0 Å². The molecule has 4 nitrogen and oxygen atoms in total. The van der Waals surface area contributed by atoms with E-state index in [1.54, 1.807) is 0 Å². The summed E-state index contributed by atoms with van der Waals surface area (Å²) in [4.78, 5) is 0. The van der Waals surface area contributed by atoms with Gasteiger partial charge < -0.3 is 5.11 Å². The zero-order valence-corrected chi connectivity index (χ0v) is 7.94. The van der Waals surface area contributed by atoms with E-state index < -0.39 is 20.5 Å². The van der Waals surface area contributed by atoms with E-state index in [-0.39, 0.29) is 0 Å². The fourth-order valence-electron chi connectivity index (χ4n) is 0.316. The van der Waals surface area contributed by atoms with Crippen LogP contribution in [0.4, 0.5) is 0 Å². The fourth-order valence-corrected chi connectivity index (χ4v) is 0.947. The maximum Gasteiger partial charge on any atom is 0.272 e. The van der Waals surface area contributed by atoms with Crippen LogP contribution in [-0.4, -0.2) is 28.4 Å². The molecule has 0 amide bonds. The van der Waals surface area contributed by atoms with E-state index in [0.717, 1.165) is 0 Å². The molecular weight excluding hydrogens is 168 g/mol. The van der Waals surface area contributed by atoms with Crippen LogP contribution in [0.25, 0.3) is 0 Å². The highest BCUT2D eigenvalue weighted by molar-refractivity contribution is 7.87. The Morgan fingerprint density at radius 1 is 1.09 bits per heavy atom. The highest BCUT2D eigenvalue weighted by Gasteiger charge is 2.45. The minimum atomic E-state index is -4.21. The Morgan fingerprint density at radius 2 is 1.36 bits per heavy atom. The summed E-state index contributed by atoms with van der Waals surface area (Å²) in [6.07, 6.45) is 0. The topological polar surface area (TPSA) is 74.6 Å². The summed E-state index contributed by atoms with van der Waals surface area (Å²) in [5, 5.41) is 9.34. The van der Waals surface area contributed by atoms with Crippen LogP contribution in [0.1, 0.15) is 27.7 Å². The van der Waals surface area contributed by atoms with Gasteiger partial charge in [-0.05, 0) is 27.7 Å². The van der Waals surface area contributed by atoms with Crippen LogP contribution in [0.5, 0.6) is 0 Å². The molecule has 2 N–H and O–H groups in total. The second-order valence-electron chi connectivity index (χ2n) is 3.54. The van der Waals surface area contributed by atoms with Gasteiger partial charge in [0, 0.05) is 0 Å². The van der Waals surface area contributed by atoms with Crippen LogP contribution < -0.4 is 0 Å². The van der Waals surface area contributed by atoms with Crippen molar-refractivity contribution >= 4 is 10.1 Å². The van der Waals surface area contributed by atoms with Crippen LogP contribution in [0.15, 0.2) is 0 Å². The first-order valence-electron chi connectivity index (χ1n) is 3.19. The van der Waals surface area contributed by atoms with E-state index in [0.29, 0.717) is 0 Å². The minimum absolute atomic E-state index is 1.27. The molecular formula is C6H14O4S. The molecule has 0 rings (SSSR count). The molecule has 0 spiro atoms. The molecule has 0 saturated heterocycles. The molecule has 5 heteroatoms. The smallest absolute Gasteiger partial charge is 0.272 e. The highest BCUT2D eigenvalue weighted by Crippen LogP contribution is 2.28. The Morgan fingerprint density at radius 3 is 1.36 bits per heavy atom. The average molecular weight is 182 g/mol. The lowest BCUT2D eigenvalue weighted by Gasteiger charge is -2.33. The van der Waals surface area contributed by atoms with Crippen LogP contribution in [-0.2, 0) is 10.1 Å². The van der Waals surface area contributed by atoms with Gasteiger partial charge in [-0.15, -0.1) is 0 Å². The summed E-state index contributed by atoms with van der Waals surface area (Å²) in [6.45, 7) is 5.20. The molecule has 0 aliphatic rings. The van der Waals surface area contributed by atoms with Gasteiger partial charge in [0.1, 0.15) is 4.75 Å². The van der Waals surface area contributed by atoms with Gasteiger partial charge in [0.05, 0.1) is 5.60 Å². The Balaban J connectivity index is 5.08. The van der Waals surface area contributed by atoms with E-state index in [4.69, 9.17) is 4.55 Å². The molecule has 68 valence electrons. The van der Waals surface area contributed by atoms with E-state index in [1.807, 2.05) is 0 Å². The molecule has 0 aliphatic carbocycles. The number of hydrogen-bond acceptors (Lipinski definition) is 3. The summed E-state index contributed by atoms with van der Waals surface area (Å²) in [5.74, 6) is 0. The molecule has 0 radical (unpaired) electrons. The lowest BCUT2D eigenvalue weighted by Crippen LogP contribution is -2.50. The molecule has 0 atom stereocenters. The zero-order chi connectivity index (χ0) is 9.50. The lowest BCUT2D eigenvalue weighted by atomic mass is 9.94. The van der Waals surface area contributed by atoms with E-state index in [9.17, 15) is 13.5 Å². The Hall–Kier alpha value is -0.130. The maximum absolute atomic E-state index is 10.7. The third-order valence-corrected chi connectivity index (χ3v) is 3.91. The molecule has 0 aromatic rings. The van der Waals surface area contributed by atoms with Crippen LogP contribution in [0.3, 0.4) is 0 Å². The first-order chi connectivity index (χ1) is 4.50. The van der Waals surface area contributed by atoms with Gasteiger partial charge in [0.2, 0.25) is 0 Å². The predicted molar refractivity (Wildman–Crippen MR) is 41.9 cm³/mol. The quantitative estimate of drug-likeness (QED) is 0.607. The summed E-state index contributed by atoms with van der Waals surface area (Å²) >= 11 is 0. The normalized spacial score (nSPS) is 15.1. The highest BCUT2D eigenvalue weighted by atomic mass is 32.2. The number of aliphatic hydroxyl groups is 1. The molecule has 0 saturated carbocycles. The minimum Gasteiger partial charge on any atom is -0.389 e. The maximum atomic E-state index is 10.7. The van der Waals surface area contributed by atoms with Crippen molar-refractivity contribution in [2.45, 2.75) is 38.0 Å². The second kappa shape index (κ2) is 2.43. The number of hydrogen-bond donors (Lipinski definition) is 2. The monoisotopic (exact) mass is 182 g/mol. The van der Waals surface area contributed by atoms with E-state index in [2.05, 4.69) is 0 Å². The van der Waals surface area contributed by atoms with Crippen molar-refractivity contribution in [3.63, 3.8) is 0 Å². The van der Waals surface area contributed by atoms with E-state index >= 15 is 0 Å². The van der Waals surface area contributed by atoms with Gasteiger partial charge in [0.15, 0.2) is 0 Å². The van der Waals surface area contributed by atoms with Crippen molar-refractivity contribution in [3.8, 4) is 0 Å². The van der Waals surface area contributed by atoms with Crippen molar-refractivity contribution < 1.29 is 18.1 Å². The van der Waals surface area contributed by atoms with Crippen molar-refractivity contribution in [2.75, 3.05) is 0 Å². The van der Waals surface area contributed by atoms with Crippen molar-refractivity contribution in [2.24, 2.45) is 0 Å². The van der Waals surface area contributed by atoms with Gasteiger partial charge in [-0.3, -0.25) is 4.55 Å². The predicted octanol–water partition coefficient (Wildman–Crippen LogP) is 0.424. The molecule has 0 unspecified atom stereocenters. The van der Waals surface area contributed by atoms with Crippen molar-refractivity contribution in [1.82, 2.24) is 0 Å². The largest absolute Gasteiger partial charge is 0.389 e. The zero-order valence-electron chi connectivity index (χ0n) is 7.12. The first-order valence-corrected chi connectivity index (χ1v) is 4.63. The molecule has 0 fully saturated rings. The van der Waals surface area contributed by atoms with Gasteiger partial charge in [0.25, 0.3) is 10.1 Å². The van der Waals surface area contributed by atoms with Gasteiger partial charge >= 0.3 is 0 Å². The van der Waals surface area contributed by atoms with Gasteiger partial charge in [-0.2, -0.15) is 8.42 Å². The molecule has 0 heterocycles. The standard InChI is InChI=1S/C6H14O4S/c1-5(2,7)6(3,4)11(8,9)10/h7H,1-4H3,(H,8,9,10). The molecule has 0 aromatic carbocycles. The lowest BCUT2D eigenvalue weighted by molar-refractivity contribution is 0.0422. The first kappa shape index (κ1) is 10.9. The molecule has 11 heavy (non-hydrogen) atoms. The van der Waals surface area contributed by atoms with E-state index in [1.165, 1.54) is 27.7 Å². The third-order valence-electron chi connectivity index (χ3n) is 2.12. The molecule has 0 bridgehead atoms. The molecule has 0 aliphatic heterocycles. The van der Waals surface area contributed by atoms with Crippen LogP contribution >= 0.6 is 0 Å². The Labute approximate surface area is 67.0 Å².